The monoisotopic (exact) mass is 522 g/mol. The number of hydrogen-bond acceptors (Lipinski definition) is 4. The van der Waals surface area contributed by atoms with Crippen molar-refractivity contribution in [1.82, 2.24) is 0 Å². The summed E-state index contributed by atoms with van der Waals surface area (Å²) in [6.07, 6.45) is 8.93. The lowest BCUT2D eigenvalue weighted by molar-refractivity contribution is 0.230. The molecule has 0 spiro atoms. The number of rotatable bonds is 12. The van der Waals surface area contributed by atoms with E-state index in [1.54, 1.807) is 45.9 Å². The normalized spacial score (nSPS) is 18.4. The summed E-state index contributed by atoms with van der Waals surface area (Å²) in [6, 6.07) is 6.53. The highest BCUT2D eigenvalue weighted by molar-refractivity contribution is 7.62. The van der Waals surface area contributed by atoms with E-state index < -0.39 is 19.2 Å². The van der Waals surface area contributed by atoms with Gasteiger partial charge in [0.2, 0.25) is 5.82 Å². The van der Waals surface area contributed by atoms with Gasteiger partial charge >= 0.3 is 7.60 Å². The first kappa shape index (κ1) is 28.8. The zero-order valence-electron chi connectivity index (χ0n) is 22.4. The highest BCUT2D eigenvalue weighted by atomic mass is 31.2. The second-order valence-corrected chi connectivity index (χ2v) is 11.9. The minimum Gasteiger partial charge on any atom is -0.454 e. The molecular formula is C29H41F2O4P. The van der Waals surface area contributed by atoms with E-state index in [2.05, 4.69) is 6.92 Å². The zero-order chi connectivity index (χ0) is 26.3. The van der Waals surface area contributed by atoms with Gasteiger partial charge in [-0.1, -0.05) is 38.7 Å². The van der Waals surface area contributed by atoms with Crippen LogP contribution in [0.5, 0.6) is 11.5 Å². The van der Waals surface area contributed by atoms with E-state index in [0.29, 0.717) is 33.7 Å². The van der Waals surface area contributed by atoms with Crippen LogP contribution in [0.1, 0.15) is 94.7 Å². The van der Waals surface area contributed by atoms with Gasteiger partial charge in [0.15, 0.2) is 11.6 Å². The molecule has 0 aliphatic heterocycles. The maximum absolute atomic E-state index is 15.2. The minimum absolute atomic E-state index is 0.0463. The van der Waals surface area contributed by atoms with Gasteiger partial charge in [-0.25, -0.2) is 4.39 Å². The van der Waals surface area contributed by atoms with E-state index in [9.17, 15) is 4.57 Å². The minimum atomic E-state index is -3.47. The highest BCUT2D eigenvalue weighted by Gasteiger charge is 2.29. The molecule has 0 amide bonds. The van der Waals surface area contributed by atoms with Crippen LogP contribution in [0.4, 0.5) is 8.78 Å². The highest BCUT2D eigenvalue weighted by Crippen LogP contribution is 2.48. The summed E-state index contributed by atoms with van der Waals surface area (Å²) in [6.45, 7) is 9.75. The maximum atomic E-state index is 15.2. The van der Waals surface area contributed by atoms with Crippen molar-refractivity contribution in [3.63, 3.8) is 0 Å². The average molecular weight is 523 g/mol. The van der Waals surface area contributed by atoms with Crippen LogP contribution in [0.25, 0.3) is 0 Å². The standard InChI is InChI=1S/C29H41F2O4P/c1-6-9-10-11-22-12-14-23(15-13-22)25-16-17-26(28(31)27(25)30)35-29-20(4)18-24(19-21(29)5)36(32,33-7-2)34-8-3/h16-19,22-23H,6-15H2,1-5H3. The van der Waals surface area contributed by atoms with Crippen molar-refractivity contribution in [2.24, 2.45) is 5.92 Å². The summed E-state index contributed by atoms with van der Waals surface area (Å²) in [7, 11) is -3.47. The Morgan fingerprint density at radius 1 is 0.889 bits per heavy atom. The van der Waals surface area contributed by atoms with Crippen LogP contribution in [0.2, 0.25) is 0 Å². The molecular weight excluding hydrogens is 481 g/mol. The van der Waals surface area contributed by atoms with Crippen molar-refractivity contribution in [1.29, 1.82) is 0 Å². The second-order valence-electron chi connectivity index (χ2n) is 9.84. The molecule has 36 heavy (non-hydrogen) atoms. The van der Waals surface area contributed by atoms with Crippen LogP contribution < -0.4 is 10.0 Å². The van der Waals surface area contributed by atoms with Crippen LogP contribution in [0, 0.1) is 31.4 Å². The van der Waals surface area contributed by atoms with E-state index in [0.717, 1.165) is 25.7 Å². The smallest absolute Gasteiger partial charge is 0.361 e. The molecule has 1 aliphatic carbocycles. The molecule has 0 radical (unpaired) electrons. The van der Waals surface area contributed by atoms with Crippen molar-refractivity contribution in [2.75, 3.05) is 13.2 Å². The molecule has 200 valence electrons. The third-order valence-corrected chi connectivity index (χ3v) is 9.24. The fraction of sp³-hybridized carbons (Fsp3) is 0.586. The zero-order valence-corrected chi connectivity index (χ0v) is 23.3. The van der Waals surface area contributed by atoms with E-state index in [-0.39, 0.29) is 24.9 Å². The largest absolute Gasteiger partial charge is 0.454 e. The first-order valence-electron chi connectivity index (χ1n) is 13.4. The van der Waals surface area contributed by atoms with Gasteiger partial charge < -0.3 is 13.8 Å². The Hall–Kier alpha value is -1.75. The van der Waals surface area contributed by atoms with Gasteiger partial charge in [0.25, 0.3) is 0 Å². The van der Waals surface area contributed by atoms with Crippen molar-refractivity contribution >= 4 is 12.9 Å². The van der Waals surface area contributed by atoms with Crippen molar-refractivity contribution in [3.05, 3.63) is 52.6 Å². The SMILES string of the molecule is CCCCCC1CCC(c2ccc(Oc3c(C)cc(P(=O)(OCC)OCC)cc3C)c(F)c2F)CC1. The topological polar surface area (TPSA) is 44.8 Å². The molecule has 0 bridgehead atoms. The lowest BCUT2D eigenvalue weighted by Crippen LogP contribution is -2.15. The Bertz CT molecular complexity index is 1030. The predicted octanol–water partition coefficient (Wildman–Crippen LogP) is 9.12. The first-order chi connectivity index (χ1) is 17.2. The molecule has 0 N–H and O–H groups in total. The number of aryl methyl sites for hydroxylation is 2. The third kappa shape index (κ3) is 6.76. The first-order valence-corrected chi connectivity index (χ1v) is 14.9. The van der Waals surface area contributed by atoms with E-state index in [1.165, 1.54) is 31.7 Å². The van der Waals surface area contributed by atoms with E-state index in [4.69, 9.17) is 13.8 Å². The number of hydrogen-bond donors (Lipinski definition) is 0. The molecule has 1 aliphatic rings. The fourth-order valence-electron chi connectivity index (χ4n) is 5.27. The number of ether oxygens (including phenoxy) is 1. The second kappa shape index (κ2) is 13.2. The Labute approximate surface area is 215 Å². The Balaban J connectivity index is 1.76. The summed E-state index contributed by atoms with van der Waals surface area (Å²) in [5, 5.41) is 0.417. The van der Waals surface area contributed by atoms with Gasteiger partial charge in [-0.05, 0) is 100 Å². The predicted molar refractivity (Wildman–Crippen MR) is 142 cm³/mol. The molecule has 3 rings (SSSR count). The van der Waals surface area contributed by atoms with E-state index >= 15 is 8.78 Å². The van der Waals surface area contributed by atoms with Gasteiger partial charge in [-0.15, -0.1) is 0 Å². The summed E-state index contributed by atoms with van der Waals surface area (Å²) in [4.78, 5) is 0. The lowest BCUT2D eigenvalue weighted by atomic mass is 9.77. The molecule has 1 fully saturated rings. The number of benzene rings is 2. The average Bonchev–Trinajstić information content (AvgIpc) is 2.85. The lowest BCUT2D eigenvalue weighted by Gasteiger charge is -2.29. The maximum Gasteiger partial charge on any atom is 0.361 e. The van der Waals surface area contributed by atoms with Crippen molar-refractivity contribution < 1.29 is 27.1 Å². The van der Waals surface area contributed by atoms with Crippen LogP contribution in [0.3, 0.4) is 0 Å². The van der Waals surface area contributed by atoms with Gasteiger partial charge in [0, 0.05) is 0 Å². The van der Waals surface area contributed by atoms with Gasteiger partial charge in [0.05, 0.1) is 18.5 Å². The molecule has 0 saturated heterocycles. The molecule has 0 aromatic heterocycles. The quantitative estimate of drug-likeness (QED) is 0.206. The Morgan fingerprint density at radius 3 is 2.06 bits per heavy atom. The summed E-state index contributed by atoms with van der Waals surface area (Å²) < 4.78 is 60.2. The molecule has 1 saturated carbocycles. The molecule has 0 atom stereocenters. The fourth-order valence-corrected chi connectivity index (χ4v) is 7.02. The van der Waals surface area contributed by atoms with Crippen molar-refractivity contribution in [2.45, 2.75) is 91.9 Å². The van der Waals surface area contributed by atoms with Crippen molar-refractivity contribution in [3.8, 4) is 11.5 Å². The van der Waals surface area contributed by atoms with Crippen LogP contribution in [0.15, 0.2) is 24.3 Å². The number of halogens is 2. The molecule has 4 nitrogen and oxygen atoms in total. The van der Waals surface area contributed by atoms with E-state index in [1.807, 2.05) is 0 Å². The molecule has 2 aromatic carbocycles. The summed E-state index contributed by atoms with van der Waals surface area (Å²) in [5.74, 6) is -0.776. The molecule has 7 heteroatoms. The summed E-state index contributed by atoms with van der Waals surface area (Å²) in [5.41, 5.74) is 1.72. The van der Waals surface area contributed by atoms with Crippen LogP contribution in [-0.4, -0.2) is 13.2 Å². The molecule has 0 heterocycles. The van der Waals surface area contributed by atoms with Gasteiger partial charge in [0.1, 0.15) is 5.75 Å². The summed E-state index contributed by atoms with van der Waals surface area (Å²) >= 11 is 0. The van der Waals surface area contributed by atoms with Crippen LogP contribution >= 0.6 is 7.60 Å². The van der Waals surface area contributed by atoms with Gasteiger partial charge in [-0.2, -0.15) is 4.39 Å². The molecule has 0 unspecified atom stereocenters. The Kier molecular flexibility index (Phi) is 10.5. The molecule has 2 aromatic rings. The number of unbranched alkanes of at least 4 members (excludes halogenated alkanes) is 2. The third-order valence-electron chi connectivity index (χ3n) is 7.15. The van der Waals surface area contributed by atoms with Gasteiger partial charge in [-0.3, -0.25) is 4.57 Å². The Morgan fingerprint density at radius 2 is 1.50 bits per heavy atom. The van der Waals surface area contributed by atoms with Crippen LogP contribution in [-0.2, 0) is 13.6 Å².